The molecule has 0 aliphatic rings. The number of rotatable bonds is 4. The Morgan fingerprint density at radius 2 is 1.80 bits per heavy atom. The van der Waals surface area contributed by atoms with Gasteiger partial charge >= 0.3 is 6.18 Å². The molecule has 0 saturated heterocycles. The van der Waals surface area contributed by atoms with Crippen LogP contribution >= 0.6 is 0 Å². The molecule has 0 radical (unpaired) electrons. The van der Waals surface area contributed by atoms with Gasteiger partial charge in [0.25, 0.3) is 0 Å². The minimum atomic E-state index is -4.11. The van der Waals surface area contributed by atoms with Crippen molar-refractivity contribution in [2.75, 3.05) is 6.54 Å². The molecule has 1 nitrogen and oxygen atoms in total. The summed E-state index contributed by atoms with van der Waals surface area (Å²) < 4.78 is 36.4. The van der Waals surface area contributed by atoms with E-state index >= 15 is 0 Å². The van der Waals surface area contributed by atoms with E-state index in [-0.39, 0.29) is 6.54 Å². The zero-order chi connectivity index (χ0) is 11.3. The van der Waals surface area contributed by atoms with Gasteiger partial charge in [-0.3, -0.25) is 0 Å². The molecule has 1 unspecified atom stereocenters. The van der Waals surface area contributed by atoms with Crippen LogP contribution in [0.5, 0.6) is 0 Å². The maximum Gasteiger partial charge on any atom is 0.392 e. The summed E-state index contributed by atoms with van der Waals surface area (Å²) >= 11 is 0. The molecule has 0 spiro atoms. The van der Waals surface area contributed by atoms with Crippen molar-refractivity contribution in [1.29, 1.82) is 0 Å². The first-order valence-electron chi connectivity index (χ1n) is 4.81. The Morgan fingerprint density at radius 3 is 2.33 bits per heavy atom. The smallest absolute Gasteiger partial charge is 0.312 e. The van der Waals surface area contributed by atoms with Crippen molar-refractivity contribution in [1.82, 2.24) is 5.32 Å². The van der Waals surface area contributed by atoms with Crippen LogP contribution in [0.1, 0.15) is 12.5 Å². The van der Waals surface area contributed by atoms with Crippen LogP contribution in [0.15, 0.2) is 30.3 Å². The first-order chi connectivity index (χ1) is 7.00. The highest BCUT2D eigenvalue weighted by Crippen LogP contribution is 2.24. The lowest BCUT2D eigenvalue weighted by Gasteiger charge is -2.15. The van der Waals surface area contributed by atoms with Gasteiger partial charge in [0, 0.05) is 13.1 Å². The van der Waals surface area contributed by atoms with Crippen LogP contribution in [0.25, 0.3) is 0 Å². The zero-order valence-electron chi connectivity index (χ0n) is 8.51. The Balaban J connectivity index is 2.28. The third kappa shape index (κ3) is 4.34. The molecule has 4 heteroatoms. The SMILES string of the molecule is CC(CNCc1ccccc1)C(F)(F)F. The molecule has 0 fully saturated rings. The average Bonchev–Trinajstić information content (AvgIpc) is 2.18. The lowest BCUT2D eigenvalue weighted by atomic mass is 10.1. The highest BCUT2D eigenvalue weighted by molar-refractivity contribution is 5.14. The summed E-state index contributed by atoms with van der Waals surface area (Å²) in [6, 6.07) is 9.37. The Morgan fingerprint density at radius 1 is 1.20 bits per heavy atom. The molecule has 0 amide bonds. The van der Waals surface area contributed by atoms with Gasteiger partial charge in [-0.1, -0.05) is 37.3 Å². The van der Waals surface area contributed by atoms with Crippen LogP contribution in [-0.4, -0.2) is 12.7 Å². The average molecular weight is 217 g/mol. The molecule has 1 rings (SSSR count). The van der Waals surface area contributed by atoms with E-state index in [1.807, 2.05) is 30.3 Å². The molecule has 0 aromatic heterocycles. The van der Waals surface area contributed by atoms with Crippen LogP contribution in [-0.2, 0) is 6.54 Å². The fourth-order valence-electron chi connectivity index (χ4n) is 1.14. The second-order valence-corrected chi connectivity index (χ2v) is 3.56. The summed E-state index contributed by atoms with van der Waals surface area (Å²) in [4.78, 5) is 0. The van der Waals surface area contributed by atoms with E-state index in [9.17, 15) is 13.2 Å². The molecule has 0 aliphatic carbocycles. The number of halogens is 3. The van der Waals surface area contributed by atoms with E-state index in [4.69, 9.17) is 0 Å². The third-order valence-corrected chi connectivity index (χ3v) is 2.18. The normalized spacial score (nSPS) is 13.9. The minimum Gasteiger partial charge on any atom is -0.312 e. The lowest BCUT2D eigenvalue weighted by molar-refractivity contribution is -0.168. The van der Waals surface area contributed by atoms with E-state index in [0.29, 0.717) is 6.54 Å². The summed E-state index contributed by atoms with van der Waals surface area (Å²) in [5.74, 6) is -1.30. The lowest BCUT2D eigenvalue weighted by Crippen LogP contribution is -2.31. The Bertz CT molecular complexity index is 282. The van der Waals surface area contributed by atoms with Crippen molar-refractivity contribution in [3.8, 4) is 0 Å². The number of hydrogen-bond acceptors (Lipinski definition) is 1. The van der Waals surface area contributed by atoms with Crippen molar-refractivity contribution in [2.45, 2.75) is 19.6 Å². The van der Waals surface area contributed by atoms with Gasteiger partial charge < -0.3 is 5.32 Å². The number of alkyl halides is 3. The van der Waals surface area contributed by atoms with Gasteiger partial charge in [-0.15, -0.1) is 0 Å². The molecule has 84 valence electrons. The first-order valence-corrected chi connectivity index (χ1v) is 4.81. The molecule has 1 atom stereocenters. The van der Waals surface area contributed by atoms with Crippen LogP contribution in [0.3, 0.4) is 0 Å². The maximum absolute atomic E-state index is 12.1. The molecule has 1 N–H and O–H groups in total. The summed E-state index contributed by atoms with van der Waals surface area (Å²) in [6.07, 6.45) is -4.11. The van der Waals surface area contributed by atoms with Crippen LogP contribution in [0, 0.1) is 5.92 Å². The van der Waals surface area contributed by atoms with Gasteiger partial charge in [0.1, 0.15) is 0 Å². The van der Waals surface area contributed by atoms with E-state index in [2.05, 4.69) is 5.32 Å². The summed E-state index contributed by atoms with van der Waals surface area (Å²) in [5, 5.41) is 2.79. The number of hydrogen-bond donors (Lipinski definition) is 1. The van der Waals surface area contributed by atoms with Crippen molar-refractivity contribution in [3.63, 3.8) is 0 Å². The second kappa shape index (κ2) is 5.16. The zero-order valence-corrected chi connectivity index (χ0v) is 8.51. The van der Waals surface area contributed by atoms with Crippen LogP contribution in [0.4, 0.5) is 13.2 Å². The fraction of sp³-hybridized carbons (Fsp3) is 0.455. The highest BCUT2D eigenvalue weighted by Gasteiger charge is 2.35. The van der Waals surface area contributed by atoms with E-state index in [1.54, 1.807) is 0 Å². The fourth-order valence-corrected chi connectivity index (χ4v) is 1.14. The third-order valence-electron chi connectivity index (χ3n) is 2.18. The quantitative estimate of drug-likeness (QED) is 0.817. The predicted octanol–water partition coefficient (Wildman–Crippen LogP) is 2.97. The van der Waals surface area contributed by atoms with Gasteiger partial charge in [-0.2, -0.15) is 13.2 Å². The molecule has 15 heavy (non-hydrogen) atoms. The van der Waals surface area contributed by atoms with Crippen molar-refractivity contribution < 1.29 is 13.2 Å². The van der Waals surface area contributed by atoms with E-state index in [0.717, 1.165) is 5.56 Å². The molecule has 1 aromatic carbocycles. The van der Waals surface area contributed by atoms with Crippen molar-refractivity contribution >= 4 is 0 Å². The standard InChI is InChI=1S/C11H14F3N/c1-9(11(12,13)14)7-15-8-10-5-3-2-4-6-10/h2-6,9,15H,7-8H2,1H3. The molecule has 0 aliphatic heterocycles. The second-order valence-electron chi connectivity index (χ2n) is 3.56. The van der Waals surface area contributed by atoms with E-state index < -0.39 is 12.1 Å². The topological polar surface area (TPSA) is 12.0 Å². The molecule has 0 saturated carbocycles. The van der Waals surface area contributed by atoms with E-state index in [1.165, 1.54) is 6.92 Å². The molecular formula is C11H14F3N. The highest BCUT2D eigenvalue weighted by atomic mass is 19.4. The van der Waals surface area contributed by atoms with Crippen molar-refractivity contribution in [3.05, 3.63) is 35.9 Å². The van der Waals surface area contributed by atoms with Gasteiger partial charge in [0.15, 0.2) is 0 Å². The largest absolute Gasteiger partial charge is 0.392 e. The minimum absolute atomic E-state index is 0.0433. The van der Waals surface area contributed by atoms with Crippen molar-refractivity contribution in [2.24, 2.45) is 5.92 Å². The molecule has 0 bridgehead atoms. The van der Waals surface area contributed by atoms with Crippen LogP contribution in [0.2, 0.25) is 0 Å². The van der Waals surface area contributed by atoms with Gasteiger partial charge in [0.05, 0.1) is 5.92 Å². The predicted molar refractivity (Wildman–Crippen MR) is 53.4 cm³/mol. The molecule has 0 heterocycles. The van der Waals surface area contributed by atoms with Crippen LogP contribution < -0.4 is 5.32 Å². The first kappa shape index (κ1) is 12.0. The maximum atomic E-state index is 12.1. The summed E-state index contributed by atoms with van der Waals surface area (Å²) in [7, 11) is 0. The Labute approximate surface area is 87.3 Å². The van der Waals surface area contributed by atoms with Gasteiger partial charge in [0.2, 0.25) is 0 Å². The van der Waals surface area contributed by atoms with Gasteiger partial charge in [-0.25, -0.2) is 0 Å². The number of benzene rings is 1. The Kier molecular flexibility index (Phi) is 4.15. The molecular weight excluding hydrogens is 203 g/mol. The Hall–Kier alpha value is -1.03. The van der Waals surface area contributed by atoms with Gasteiger partial charge in [-0.05, 0) is 5.56 Å². The molecule has 1 aromatic rings. The monoisotopic (exact) mass is 217 g/mol. The summed E-state index contributed by atoms with van der Waals surface area (Å²) in [5.41, 5.74) is 0.992. The summed E-state index contributed by atoms with van der Waals surface area (Å²) in [6.45, 7) is 1.61. The number of nitrogens with one attached hydrogen (secondary N) is 1.